The van der Waals surface area contributed by atoms with Crippen molar-refractivity contribution in [2.45, 2.75) is 37.1 Å². The van der Waals surface area contributed by atoms with Crippen molar-refractivity contribution in [2.75, 3.05) is 0 Å². The minimum absolute atomic E-state index is 0.111. The molecule has 1 aliphatic carbocycles. The number of nitriles is 1. The van der Waals surface area contributed by atoms with Crippen LogP contribution in [0.5, 0.6) is 0 Å². The molecule has 0 aromatic heterocycles. The van der Waals surface area contributed by atoms with Gasteiger partial charge in [0.2, 0.25) is 10.0 Å². The lowest BCUT2D eigenvalue weighted by Gasteiger charge is -2.23. The summed E-state index contributed by atoms with van der Waals surface area (Å²) >= 11 is 3.27. The Balaban J connectivity index is 2.38. The Bertz CT molecular complexity index is 647. The van der Waals surface area contributed by atoms with Crippen LogP contribution in [0.3, 0.4) is 0 Å². The van der Waals surface area contributed by atoms with Crippen LogP contribution in [0.1, 0.15) is 25.3 Å². The fourth-order valence-corrected chi connectivity index (χ4v) is 4.22. The van der Waals surface area contributed by atoms with E-state index in [1.807, 2.05) is 0 Å². The van der Waals surface area contributed by atoms with Crippen LogP contribution in [0.2, 0.25) is 0 Å². The SMILES string of the molecule is Cc1ccc(Br)cc1S(=O)(=O)N[C@](C)(C#N)C1CC1. The van der Waals surface area contributed by atoms with E-state index in [0.29, 0.717) is 10.0 Å². The first kappa shape index (κ1) is 14.5. The van der Waals surface area contributed by atoms with Gasteiger partial charge in [0, 0.05) is 4.47 Å². The third-order valence-corrected chi connectivity index (χ3v) is 5.62. The molecule has 2 rings (SSSR count). The number of nitrogens with zero attached hydrogens (tertiary/aromatic N) is 1. The van der Waals surface area contributed by atoms with Gasteiger partial charge >= 0.3 is 0 Å². The van der Waals surface area contributed by atoms with Crippen LogP contribution < -0.4 is 4.72 Å². The summed E-state index contributed by atoms with van der Waals surface area (Å²) < 4.78 is 28.1. The molecule has 0 aliphatic heterocycles. The van der Waals surface area contributed by atoms with E-state index in [-0.39, 0.29) is 10.8 Å². The Morgan fingerprint density at radius 2 is 2.11 bits per heavy atom. The maximum atomic E-state index is 12.4. The van der Waals surface area contributed by atoms with Crippen molar-refractivity contribution in [3.05, 3.63) is 28.2 Å². The fourth-order valence-electron chi connectivity index (χ4n) is 2.06. The Labute approximate surface area is 122 Å². The first-order chi connectivity index (χ1) is 8.78. The highest BCUT2D eigenvalue weighted by Crippen LogP contribution is 2.40. The highest BCUT2D eigenvalue weighted by Gasteiger charge is 2.45. The molecule has 0 unspecified atom stereocenters. The van der Waals surface area contributed by atoms with E-state index in [2.05, 4.69) is 26.7 Å². The summed E-state index contributed by atoms with van der Waals surface area (Å²) in [4.78, 5) is 0.212. The molecule has 4 nitrogen and oxygen atoms in total. The van der Waals surface area contributed by atoms with Crippen LogP contribution >= 0.6 is 15.9 Å². The minimum Gasteiger partial charge on any atom is -0.207 e. The third-order valence-electron chi connectivity index (χ3n) is 3.41. The molecule has 1 N–H and O–H groups in total. The van der Waals surface area contributed by atoms with E-state index in [4.69, 9.17) is 0 Å². The lowest BCUT2D eigenvalue weighted by molar-refractivity contribution is 0.458. The number of rotatable bonds is 4. The Morgan fingerprint density at radius 1 is 1.47 bits per heavy atom. The summed E-state index contributed by atoms with van der Waals surface area (Å²) in [5, 5.41) is 9.24. The number of hydrogen-bond donors (Lipinski definition) is 1. The zero-order valence-corrected chi connectivity index (χ0v) is 13.2. The normalized spacial score (nSPS) is 18.6. The third kappa shape index (κ3) is 2.99. The molecule has 1 aliphatic rings. The van der Waals surface area contributed by atoms with E-state index in [0.717, 1.165) is 12.8 Å². The first-order valence-electron chi connectivity index (χ1n) is 6.00. The molecule has 1 atom stereocenters. The van der Waals surface area contributed by atoms with Crippen molar-refractivity contribution in [1.82, 2.24) is 4.72 Å². The smallest absolute Gasteiger partial charge is 0.207 e. The Kier molecular flexibility index (Phi) is 3.74. The quantitative estimate of drug-likeness (QED) is 0.914. The van der Waals surface area contributed by atoms with Crippen molar-refractivity contribution in [3.8, 4) is 6.07 Å². The van der Waals surface area contributed by atoms with Gasteiger partial charge in [-0.15, -0.1) is 0 Å². The summed E-state index contributed by atoms with van der Waals surface area (Å²) in [6.07, 6.45) is 1.79. The van der Waals surface area contributed by atoms with Crippen LogP contribution in [0.4, 0.5) is 0 Å². The molecule has 0 spiro atoms. The second-order valence-electron chi connectivity index (χ2n) is 5.10. The van der Waals surface area contributed by atoms with Crippen molar-refractivity contribution in [3.63, 3.8) is 0 Å². The molecular formula is C13H15BrN2O2S. The highest BCUT2D eigenvalue weighted by molar-refractivity contribution is 9.10. The summed E-state index contributed by atoms with van der Waals surface area (Å²) in [5.74, 6) is 0.111. The van der Waals surface area contributed by atoms with Gasteiger partial charge in [-0.2, -0.15) is 9.98 Å². The maximum Gasteiger partial charge on any atom is 0.242 e. The van der Waals surface area contributed by atoms with Crippen molar-refractivity contribution < 1.29 is 8.42 Å². The summed E-state index contributed by atoms with van der Waals surface area (Å²) in [7, 11) is -3.69. The van der Waals surface area contributed by atoms with Crippen molar-refractivity contribution in [2.24, 2.45) is 5.92 Å². The van der Waals surface area contributed by atoms with Gasteiger partial charge < -0.3 is 0 Å². The molecule has 1 aromatic carbocycles. The molecule has 1 fully saturated rings. The predicted octanol–water partition coefficient (Wildman–Crippen LogP) is 2.73. The van der Waals surface area contributed by atoms with E-state index >= 15 is 0 Å². The Morgan fingerprint density at radius 3 is 2.63 bits per heavy atom. The number of sulfonamides is 1. The van der Waals surface area contributed by atoms with Crippen LogP contribution in [0.15, 0.2) is 27.6 Å². The monoisotopic (exact) mass is 342 g/mol. The first-order valence-corrected chi connectivity index (χ1v) is 8.27. The maximum absolute atomic E-state index is 12.4. The van der Waals surface area contributed by atoms with E-state index in [1.54, 1.807) is 32.0 Å². The molecule has 19 heavy (non-hydrogen) atoms. The van der Waals surface area contributed by atoms with Crippen molar-refractivity contribution in [1.29, 1.82) is 5.26 Å². The number of aryl methyl sites for hydroxylation is 1. The number of benzene rings is 1. The fraction of sp³-hybridized carbons (Fsp3) is 0.462. The van der Waals surface area contributed by atoms with Crippen LogP contribution in [0, 0.1) is 24.2 Å². The van der Waals surface area contributed by atoms with Gasteiger partial charge in [0.25, 0.3) is 0 Å². The van der Waals surface area contributed by atoms with Gasteiger partial charge in [-0.1, -0.05) is 22.0 Å². The standard InChI is InChI=1S/C13H15BrN2O2S/c1-9-3-6-11(14)7-12(9)19(17,18)16-13(2,8-15)10-4-5-10/h3,6-7,10,16H,4-5H2,1-2H3/t13-/m1/s1. The number of halogens is 1. The minimum atomic E-state index is -3.69. The Hall–Kier alpha value is -0.900. The molecule has 0 saturated heterocycles. The topological polar surface area (TPSA) is 70.0 Å². The average molecular weight is 343 g/mol. The molecular weight excluding hydrogens is 328 g/mol. The van der Waals surface area contributed by atoms with E-state index in [9.17, 15) is 13.7 Å². The van der Waals surface area contributed by atoms with E-state index in [1.165, 1.54) is 0 Å². The zero-order valence-electron chi connectivity index (χ0n) is 10.8. The van der Waals surface area contributed by atoms with Gasteiger partial charge in [0.15, 0.2) is 0 Å². The molecule has 0 radical (unpaired) electrons. The molecule has 0 amide bonds. The molecule has 0 heterocycles. The summed E-state index contributed by atoms with van der Waals surface area (Å²) in [6, 6.07) is 7.18. The van der Waals surface area contributed by atoms with Gasteiger partial charge in [-0.25, -0.2) is 8.42 Å². The second-order valence-corrected chi connectivity index (χ2v) is 7.67. The lowest BCUT2D eigenvalue weighted by atomic mass is 10.0. The van der Waals surface area contributed by atoms with E-state index < -0.39 is 15.6 Å². The number of hydrogen-bond acceptors (Lipinski definition) is 3. The van der Waals surface area contributed by atoms with Gasteiger partial charge in [0.05, 0.1) is 11.0 Å². The van der Waals surface area contributed by atoms with Crippen LogP contribution in [-0.2, 0) is 10.0 Å². The van der Waals surface area contributed by atoms with Crippen LogP contribution in [-0.4, -0.2) is 14.0 Å². The largest absolute Gasteiger partial charge is 0.242 e. The predicted molar refractivity (Wildman–Crippen MR) is 75.9 cm³/mol. The lowest BCUT2D eigenvalue weighted by Crippen LogP contribution is -2.46. The van der Waals surface area contributed by atoms with Crippen molar-refractivity contribution >= 4 is 26.0 Å². The van der Waals surface area contributed by atoms with Crippen LogP contribution in [0.25, 0.3) is 0 Å². The molecule has 1 aromatic rings. The molecule has 0 bridgehead atoms. The van der Waals surface area contributed by atoms with Gasteiger partial charge in [-0.3, -0.25) is 0 Å². The summed E-state index contributed by atoms with van der Waals surface area (Å²) in [5.41, 5.74) is -0.361. The summed E-state index contributed by atoms with van der Waals surface area (Å²) in [6.45, 7) is 3.39. The molecule has 6 heteroatoms. The zero-order chi connectivity index (χ0) is 14.3. The second kappa shape index (κ2) is 4.89. The molecule has 1 saturated carbocycles. The van der Waals surface area contributed by atoms with Gasteiger partial charge in [0.1, 0.15) is 5.54 Å². The van der Waals surface area contributed by atoms with Gasteiger partial charge in [-0.05, 0) is 50.3 Å². The highest BCUT2D eigenvalue weighted by atomic mass is 79.9. The average Bonchev–Trinajstić information content (AvgIpc) is 3.15. The number of nitrogens with one attached hydrogen (secondary N) is 1. The molecule has 102 valence electrons.